The average molecular weight is 359 g/mol. The Kier molecular flexibility index (Phi) is 5.07. The third-order valence-corrected chi connectivity index (χ3v) is 3.92. The van der Waals surface area contributed by atoms with Crippen LogP contribution in [0.5, 0.6) is 5.75 Å². The lowest BCUT2D eigenvalue weighted by molar-refractivity contribution is 0.185. The van der Waals surface area contributed by atoms with Gasteiger partial charge >= 0.3 is 0 Å². The third kappa shape index (κ3) is 3.34. The van der Waals surface area contributed by atoms with Gasteiger partial charge in [-0.25, -0.2) is 0 Å². The minimum Gasteiger partial charge on any atom is -0.489 e. The van der Waals surface area contributed by atoms with E-state index in [1.165, 1.54) is 0 Å². The van der Waals surface area contributed by atoms with Crippen molar-refractivity contribution in [1.29, 1.82) is 0 Å². The topological polar surface area (TPSA) is 53.1 Å². The average Bonchev–Trinajstić information content (AvgIpc) is 2.79. The first-order chi connectivity index (χ1) is 9.52. The van der Waals surface area contributed by atoms with Crippen molar-refractivity contribution < 1.29 is 4.74 Å². The van der Waals surface area contributed by atoms with Crippen LogP contribution in [0.15, 0.2) is 34.9 Å². The van der Waals surface area contributed by atoms with Crippen LogP contribution in [-0.4, -0.2) is 15.9 Å². The van der Waals surface area contributed by atoms with Crippen molar-refractivity contribution >= 4 is 27.5 Å². The molecule has 0 aliphatic heterocycles. The summed E-state index contributed by atoms with van der Waals surface area (Å²) in [6, 6.07) is 7.01. The van der Waals surface area contributed by atoms with Crippen molar-refractivity contribution in [3.8, 4) is 5.75 Å². The second kappa shape index (κ2) is 6.61. The van der Waals surface area contributed by atoms with Gasteiger partial charge in [0.2, 0.25) is 0 Å². The molecule has 0 bridgehead atoms. The minimum absolute atomic E-state index is 0.202. The summed E-state index contributed by atoms with van der Waals surface area (Å²) in [5.41, 5.74) is 7.23. The molecule has 2 atom stereocenters. The van der Waals surface area contributed by atoms with Gasteiger partial charge in [0.25, 0.3) is 0 Å². The zero-order valence-electron chi connectivity index (χ0n) is 11.4. The molecule has 0 fully saturated rings. The number of halogens is 2. The Morgan fingerprint density at radius 3 is 2.90 bits per heavy atom. The molecule has 2 N–H and O–H groups in total. The van der Waals surface area contributed by atoms with Crippen LogP contribution >= 0.6 is 27.5 Å². The molecule has 0 radical (unpaired) electrons. The van der Waals surface area contributed by atoms with E-state index in [-0.39, 0.29) is 12.1 Å². The maximum absolute atomic E-state index is 6.30. The van der Waals surface area contributed by atoms with Crippen molar-refractivity contribution in [3.63, 3.8) is 0 Å². The molecule has 0 aliphatic rings. The predicted octanol–water partition coefficient (Wildman–Crippen LogP) is 3.79. The van der Waals surface area contributed by atoms with Gasteiger partial charge in [-0.05, 0) is 48.0 Å². The predicted molar refractivity (Wildman–Crippen MR) is 84.1 cm³/mol. The Morgan fingerprint density at radius 1 is 1.50 bits per heavy atom. The van der Waals surface area contributed by atoms with Crippen LogP contribution in [0, 0.1) is 0 Å². The van der Waals surface area contributed by atoms with E-state index in [1.807, 2.05) is 36.7 Å². The van der Waals surface area contributed by atoms with Crippen LogP contribution < -0.4 is 10.5 Å². The van der Waals surface area contributed by atoms with Gasteiger partial charge < -0.3 is 10.5 Å². The molecule has 1 heterocycles. The Hall–Kier alpha value is -1.04. The van der Waals surface area contributed by atoms with Crippen molar-refractivity contribution in [2.45, 2.75) is 32.5 Å². The standard InChI is InChI=1S/C14H17BrClN3O/c1-3-19-14(12(15)8-18-19)13(17)9(2)20-11-6-4-5-10(16)7-11/h4-9,13H,3,17H2,1-2H3. The summed E-state index contributed by atoms with van der Waals surface area (Å²) in [6.45, 7) is 4.72. The molecule has 2 aromatic rings. The zero-order chi connectivity index (χ0) is 14.7. The fourth-order valence-corrected chi connectivity index (χ4v) is 2.75. The van der Waals surface area contributed by atoms with Gasteiger partial charge in [0.05, 0.1) is 22.4 Å². The summed E-state index contributed by atoms with van der Waals surface area (Å²) in [7, 11) is 0. The number of ether oxygens (including phenoxy) is 1. The number of hydrogen-bond donors (Lipinski definition) is 1. The van der Waals surface area contributed by atoms with E-state index in [1.54, 1.807) is 12.3 Å². The molecule has 0 saturated carbocycles. The second-order valence-corrected chi connectivity index (χ2v) is 5.79. The third-order valence-electron chi connectivity index (χ3n) is 3.07. The quantitative estimate of drug-likeness (QED) is 0.885. The molecule has 0 amide bonds. The van der Waals surface area contributed by atoms with E-state index in [9.17, 15) is 0 Å². The van der Waals surface area contributed by atoms with Gasteiger partial charge in [-0.3, -0.25) is 4.68 Å². The molecule has 2 rings (SSSR count). The number of nitrogens with two attached hydrogens (primary N) is 1. The van der Waals surface area contributed by atoms with Gasteiger partial charge in [0.15, 0.2) is 0 Å². The minimum atomic E-state index is -0.286. The molecule has 20 heavy (non-hydrogen) atoms. The van der Waals surface area contributed by atoms with Crippen LogP contribution in [0.4, 0.5) is 0 Å². The van der Waals surface area contributed by atoms with E-state index in [2.05, 4.69) is 21.0 Å². The van der Waals surface area contributed by atoms with Gasteiger partial charge in [-0.1, -0.05) is 17.7 Å². The first-order valence-electron chi connectivity index (χ1n) is 6.42. The maximum atomic E-state index is 6.30. The summed E-state index contributed by atoms with van der Waals surface area (Å²) in [4.78, 5) is 0. The Labute approximate surface area is 132 Å². The molecule has 108 valence electrons. The Bertz CT molecular complexity index is 588. The maximum Gasteiger partial charge on any atom is 0.121 e. The number of benzene rings is 1. The largest absolute Gasteiger partial charge is 0.489 e. The Balaban J connectivity index is 2.16. The number of aryl methyl sites for hydroxylation is 1. The highest BCUT2D eigenvalue weighted by molar-refractivity contribution is 9.10. The van der Waals surface area contributed by atoms with E-state index in [4.69, 9.17) is 22.1 Å². The summed E-state index contributed by atoms with van der Waals surface area (Å²) in [5.74, 6) is 0.708. The normalized spacial score (nSPS) is 14.1. The van der Waals surface area contributed by atoms with Crippen LogP contribution in [0.1, 0.15) is 25.6 Å². The summed E-state index contributed by atoms with van der Waals surface area (Å²) < 4.78 is 8.63. The SMILES string of the molecule is CCn1ncc(Br)c1C(N)C(C)Oc1cccc(Cl)c1. The molecule has 2 unspecified atom stereocenters. The highest BCUT2D eigenvalue weighted by Crippen LogP contribution is 2.27. The molecular weight excluding hydrogens is 342 g/mol. The van der Waals surface area contributed by atoms with Crippen molar-refractivity contribution in [2.75, 3.05) is 0 Å². The highest BCUT2D eigenvalue weighted by Gasteiger charge is 2.23. The number of hydrogen-bond acceptors (Lipinski definition) is 3. The molecule has 1 aromatic heterocycles. The van der Waals surface area contributed by atoms with E-state index in [0.29, 0.717) is 10.8 Å². The molecule has 1 aromatic carbocycles. The van der Waals surface area contributed by atoms with Crippen LogP contribution in [0.25, 0.3) is 0 Å². The lowest BCUT2D eigenvalue weighted by atomic mass is 10.1. The molecule has 0 spiro atoms. The molecular formula is C14H17BrClN3O. The number of aromatic nitrogens is 2. The fourth-order valence-electron chi connectivity index (χ4n) is 2.01. The summed E-state index contributed by atoms with van der Waals surface area (Å²) in [6.07, 6.45) is 1.55. The lowest BCUT2D eigenvalue weighted by Crippen LogP contribution is -2.31. The highest BCUT2D eigenvalue weighted by atomic mass is 79.9. The molecule has 0 saturated heterocycles. The van der Waals surface area contributed by atoms with Crippen LogP contribution in [0.3, 0.4) is 0 Å². The van der Waals surface area contributed by atoms with Crippen molar-refractivity contribution in [3.05, 3.63) is 45.7 Å². The van der Waals surface area contributed by atoms with Gasteiger partial charge in [0, 0.05) is 11.6 Å². The lowest BCUT2D eigenvalue weighted by Gasteiger charge is -2.22. The smallest absolute Gasteiger partial charge is 0.121 e. The first-order valence-corrected chi connectivity index (χ1v) is 7.59. The Morgan fingerprint density at radius 2 is 2.25 bits per heavy atom. The number of nitrogens with zero attached hydrogens (tertiary/aromatic N) is 2. The fraction of sp³-hybridized carbons (Fsp3) is 0.357. The molecule has 0 aliphatic carbocycles. The van der Waals surface area contributed by atoms with Crippen LogP contribution in [-0.2, 0) is 6.54 Å². The van der Waals surface area contributed by atoms with Crippen LogP contribution in [0.2, 0.25) is 5.02 Å². The summed E-state index contributed by atoms with van der Waals surface area (Å²) >= 11 is 9.43. The van der Waals surface area contributed by atoms with E-state index < -0.39 is 0 Å². The second-order valence-electron chi connectivity index (χ2n) is 4.50. The van der Waals surface area contributed by atoms with E-state index >= 15 is 0 Å². The van der Waals surface area contributed by atoms with E-state index in [0.717, 1.165) is 16.7 Å². The van der Waals surface area contributed by atoms with Crippen molar-refractivity contribution in [1.82, 2.24) is 9.78 Å². The monoisotopic (exact) mass is 357 g/mol. The molecule has 6 heteroatoms. The van der Waals surface area contributed by atoms with Gasteiger partial charge in [-0.2, -0.15) is 5.10 Å². The first kappa shape index (κ1) is 15.4. The molecule has 4 nitrogen and oxygen atoms in total. The van der Waals surface area contributed by atoms with Gasteiger partial charge in [0.1, 0.15) is 11.9 Å². The summed E-state index contributed by atoms with van der Waals surface area (Å²) in [5, 5.41) is 4.91. The number of rotatable bonds is 5. The van der Waals surface area contributed by atoms with Gasteiger partial charge in [-0.15, -0.1) is 0 Å². The van der Waals surface area contributed by atoms with Crippen molar-refractivity contribution in [2.24, 2.45) is 5.73 Å². The zero-order valence-corrected chi connectivity index (χ0v) is 13.7.